The minimum atomic E-state index is -5.79. The third-order valence-electron chi connectivity index (χ3n) is 4.95. The van der Waals surface area contributed by atoms with Crippen molar-refractivity contribution >= 4 is 22.2 Å². The summed E-state index contributed by atoms with van der Waals surface area (Å²) in [4.78, 5) is 24.2. The van der Waals surface area contributed by atoms with E-state index in [0.717, 1.165) is 12.0 Å². The van der Waals surface area contributed by atoms with Crippen LogP contribution < -0.4 is 9.50 Å². The number of aryl methyl sites for hydroxylation is 1. The maximum atomic E-state index is 12.8. The number of halogens is 3. The summed E-state index contributed by atoms with van der Waals surface area (Å²) < 4.78 is 75.5. The highest BCUT2D eigenvalue weighted by atomic mass is 32.2. The average Bonchev–Trinajstić information content (AvgIpc) is 2.69. The quantitative estimate of drug-likeness (QED) is 0.348. The van der Waals surface area contributed by atoms with Gasteiger partial charge in [-0.05, 0) is 82.1 Å². The molecule has 2 rings (SSSR count). The third-order valence-corrected chi connectivity index (χ3v) is 5.92. The molecule has 1 aromatic rings. The molecule has 0 aliphatic heterocycles. The Kier molecular flexibility index (Phi) is 8.26. The lowest BCUT2D eigenvalue weighted by Crippen LogP contribution is -2.44. The Hall–Kier alpha value is -2.50. The number of benzene rings is 1. The molecule has 1 unspecified atom stereocenters. The van der Waals surface area contributed by atoms with Crippen LogP contribution in [0.2, 0.25) is 0 Å². The normalized spacial score (nSPS) is 15.2. The summed E-state index contributed by atoms with van der Waals surface area (Å²) in [5.41, 5.74) is -4.48. The van der Waals surface area contributed by atoms with Crippen LogP contribution >= 0.6 is 0 Å². The second-order valence-corrected chi connectivity index (χ2v) is 10.2. The van der Waals surface area contributed by atoms with Crippen LogP contribution in [0.3, 0.4) is 0 Å². The van der Waals surface area contributed by atoms with E-state index in [1.807, 2.05) is 0 Å². The Morgan fingerprint density at radius 1 is 1.09 bits per heavy atom. The molecule has 1 atom stereocenters. The fourth-order valence-electron chi connectivity index (χ4n) is 3.53. The second-order valence-electron chi connectivity index (χ2n) is 8.63. The van der Waals surface area contributed by atoms with Gasteiger partial charge in [0.25, 0.3) is 0 Å². The van der Waals surface area contributed by atoms with E-state index in [-0.39, 0.29) is 18.6 Å². The number of hydrogen-bond donors (Lipinski definition) is 1. The number of carbonyl (C=O) groups is 2. The summed E-state index contributed by atoms with van der Waals surface area (Å²) in [5, 5.41) is 2.47. The zero-order chi connectivity index (χ0) is 25.0. The van der Waals surface area contributed by atoms with Crippen molar-refractivity contribution in [2.24, 2.45) is 0 Å². The average molecular weight is 496 g/mol. The van der Waals surface area contributed by atoms with Crippen molar-refractivity contribution in [3.8, 4) is 5.75 Å². The smallest absolute Gasteiger partial charge is 0.467 e. The van der Waals surface area contributed by atoms with Gasteiger partial charge in [0, 0.05) is 0 Å². The minimum Gasteiger partial charge on any atom is -0.467 e. The number of nitrogens with one attached hydrogen (secondary N) is 1. The largest absolute Gasteiger partial charge is 0.534 e. The molecule has 12 heteroatoms. The SMILES string of the molecule is COC(=O)C(CCc1ccc(OS(=O)(=O)C(F)(F)F)c2c1CCCC2)NC(=O)OC(C)(C)C. The molecule has 0 saturated heterocycles. The van der Waals surface area contributed by atoms with Crippen molar-refractivity contribution in [2.75, 3.05) is 7.11 Å². The number of hydrogen-bond acceptors (Lipinski definition) is 7. The fraction of sp³-hybridized carbons (Fsp3) is 0.619. The first-order valence-corrected chi connectivity index (χ1v) is 11.8. The zero-order valence-corrected chi connectivity index (χ0v) is 19.7. The third kappa shape index (κ3) is 7.24. The molecule has 1 aliphatic carbocycles. The summed E-state index contributed by atoms with van der Waals surface area (Å²) in [7, 11) is -4.61. The van der Waals surface area contributed by atoms with E-state index >= 15 is 0 Å². The first-order chi connectivity index (χ1) is 15.1. The van der Waals surface area contributed by atoms with E-state index in [1.54, 1.807) is 20.8 Å². The lowest BCUT2D eigenvalue weighted by Gasteiger charge is -2.24. The molecule has 0 aromatic heterocycles. The van der Waals surface area contributed by atoms with Crippen molar-refractivity contribution in [1.82, 2.24) is 5.32 Å². The molecule has 1 aromatic carbocycles. The molecule has 0 spiro atoms. The van der Waals surface area contributed by atoms with E-state index < -0.39 is 39.3 Å². The highest BCUT2D eigenvalue weighted by Gasteiger charge is 2.49. The first-order valence-electron chi connectivity index (χ1n) is 10.4. The molecular weight excluding hydrogens is 467 g/mol. The number of fused-ring (bicyclic) bond motifs is 1. The molecule has 8 nitrogen and oxygen atoms in total. The topological polar surface area (TPSA) is 108 Å². The molecule has 1 amide bonds. The molecule has 0 saturated carbocycles. The van der Waals surface area contributed by atoms with Crippen LogP contribution in [0.25, 0.3) is 0 Å². The lowest BCUT2D eigenvalue weighted by molar-refractivity contribution is -0.143. The zero-order valence-electron chi connectivity index (χ0n) is 18.9. The van der Waals surface area contributed by atoms with Crippen LogP contribution in [0.15, 0.2) is 12.1 Å². The monoisotopic (exact) mass is 495 g/mol. The second kappa shape index (κ2) is 10.2. The summed E-state index contributed by atoms with van der Waals surface area (Å²) in [6.45, 7) is 5.03. The van der Waals surface area contributed by atoms with Crippen LogP contribution in [0.1, 0.15) is 56.7 Å². The van der Waals surface area contributed by atoms with E-state index in [1.165, 1.54) is 19.2 Å². The van der Waals surface area contributed by atoms with Gasteiger partial charge in [0.2, 0.25) is 0 Å². The Morgan fingerprint density at radius 3 is 2.24 bits per heavy atom. The molecule has 33 heavy (non-hydrogen) atoms. The van der Waals surface area contributed by atoms with Gasteiger partial charge in [-0.15, -0.1) is 0 Å². The Balaban J connectivity index is 2.24. The number of ether oxygens (including phenoxy) is 2. The summed E-state index contributed by atoms with van der Waals surface area (Å²) >= 11 is 0. The number of alkyl halides is 3. The molecule has 186 valence electrons. The van der Waals surface area contributed by atoms with Crippen LogP contribution in [0.4, 0.5) is 18.0 Å². The molecule has 1 aliphatic rings. The predicted molar refractivity (Wildman–Crippen MR) is 112 cm³/mol. The highest BCUT2D eigenvalue weighted by molar-refractivity contribution is 7.88. The molecule has 0 heterocycles. The molecule has 0 fully saturated rings. The van der Waals surface area contributed by atoms with Gasteiger partial charge in [0.05, 0.1) is 7.11 Å². The maximum Gasteiger partial charge on any atom is 0.534 e. The van der Waals surface area contributed by atoms with Gasteiger partial charge >= 0.3 is 27.7 Å². The van der Waals surface area contributed by atoms with E-state index in [2.05, 4.69) is 9.50 Å². The molecule has 0 bridgehead atoms. The van der Waals surface area contributed by atoms with Crippen molar-refractivity contribution in [2.45, 2.75) is 76.4 Å². The van der Waals surface area contributed by atoms with Crippen molar-refractivity contribution in [1.29, 1.82) is 0 Å². The first kappa shape index (κ1) is 26.7. The number of carbonyl (C=O) groups excluding carboxylic acids is 2. The summed E-state index contributed by atoms with van der Waals surface area (Å²) in [5.74, 6) is -1.02. The van der Waals surface area contributed by atoms with Gasteiger partial charge < -0.3 is 19.0 Å². The van der Waals surface area contributed by atoms with E-state index in [9.17, 15) is 31.2 Å². The van der Waals surface area contributed by atoms with Crippen molar-refractivity contribution < 1.29 is 44.8 Å². The van der Waals surface area contributed by atoms with Crippen LogP contribution in [-0.2, 0) is 43.6 Å². The Morgan fingerprint density at radius 2 is 1.70 bits per heavy atom. The van der Waals surface area contributed by atoms with E-state index in [4.69, 9.17) is 9.47 Å². The van der Waals surface area contributed by atoms with Gasteiger partial charge in [-0.25, -0.2) is 9.59 Å². The molecular formula is C21H28F3NO7S. The van der Waals surface area contributed by atoms with Gasteiger partial charge in [-0.2, -0.15) is 21.6 Å². The van der Waals surface area contributed by atoms with Crippen LogP contribution in [-0.4, -0.2) is 44.7 Å². The minimum absolute atomic E-state index is 0.138. The number of alkyl carbamates (subject to hydrolysis) is 1. The maximum absolute atomic E-state index is 12.8. The number of rotatable bonds is 7. The number of esters is 1. The lowest BCUT2D eigenvalue weighted by atomic mass is 9.86. The van der Waals surface area contributed by atoms with Gasteiger partial charge in [0.1, 0.15) is 17.4 Å². The molecule has 0 radical (unpaired) electrons. The van der Waals surface area contributed by atoms with Crippen LogP contribution in [0.5, 0.6) is 5.75 Å². The Labute approximate surface area is 190 Å². The van der Waals surface area contributed by atoms with Gasteiger partial charge in [-0.1, -0.05) is 6.07 Å². The number of methoxy groups -OCH3 is 1. The fourth-order valence-corrected chi connectivity index (χ4v) is 4.01. The standard InChI is InChI=1S/C21H28F3NO7S/c1-20(2,3)31-19(27)25-16(18(26)30-4)11-9-13-10-12-17(15-8-6-5-7-14(13)15)32-33(28,29)21(22,23)24/h10,12,16H,5-9,11H2,1-4H3,(H,25,27). The Bertz CT molecular complexity index is 985. The highest BCUT2D eigenvalue weighted by Crippen LogP contribution is 2.36. The molecule has 1 N–H and O–H groups in total. The van der Waals surface area contributed by atoms with Crippen molar-refractivity contribution in [3.05, 3.63) is 28.8 Å². The van der Waals surface area contributed by atoms with Crippen LogP contribution in [0, 0.1) is 0 Å². The number of amides is 1. The van der Waals surface area contributed by atoms with E-state index in [0.29, 0.717) is 30.4 Å². The summed E-state index contributed by atoms with van der Waals surface area (Å²) in [6, 6.07) is 1.66. The van der Waals surface area contributed by atoms with Gasteiger partial charge in [-0.3, -0.25) is 0 Å². The predicted octanol–water partition coefficient (Wildman–Crippen LogP) is 3.79. The van der Waals surface area contributed by atoms with Gasteiger partial charge in [0.15, 0.2) is 0 Å². The summed E-state index contributed by atoms with van der Waals surface area (Å²) in [6.07, 6.45) is 1.96. The van der Waals surface area contributed by atoms with Crippen molar-refractivity contribution in [3.63, 3.8) is 0 Å².